The number of benzene rings is 1. The van der Waals surface area contributed by atoms with Crippen LogP contribution in [-0.2, 0) is 0 Å². The number of aromatic hydroxyl groups is 1. The lowest BCUT2D eigenvalue weighted by Crippen LogP contribution is -2.20. The van der Waals surface area contributed by atoms with Gasteiger partial charge in [0.25, 0.3) is 5.56 Å². The van der Waals surface area contributed by atoms with Gasteiger partial charge in [0.15, 0.2) is 0 Å². The molecule has 2 rings (SSSR count). The maximum absolute atomic E-state index is 11.4. The Balaban J connectivity index is 2.51. The highest BCUT2D eigenvalue weighted by Crippen LogP contribution is 2.37. The summed E-state index contributed by atoms with van der Waals surface area (Å²) in [5.74, 6) is -0.719. The van der Waals surface area contributed by atoms with E-state index in [1.165, 1.54) is 12.1 Å². The lowest BCUT2D eigenvalue weighted by molar-refractivity contribution is 0.450. The molecule has 0 radical (unpaired) electrons. The van der Waals surface area contributed by atoms with E-state index >= 15 is 0 Å². The summed E-state index contributed by atoms with van der Waals surface area (Å²) in [5, 5.41) is 17.1. The van der Waals surface area contributed by atoms with Gasteiger partial charge in [0.05, 0.1) is 10.0 Å². The minimum absolute atomic E-state index is 0.0720. The van der Waals surface area contributed by atoms with Gasteiger partial charge in [-0.1, -0.05) is 34.8 Å². The first kappa shape index (κ1) is 14.6. The zero-order chi connectivity index (χ0) is 14.9. The molecule has 1 aromatic heterocycles. The molecule has 0 saturated heterocycles. The van der Waals surface area contributed by atoms with Crippen molar-refractivity contribution in [1.29, 1.82) is 0 Å². The number of aromatic nitrogens is 2. The first-order valence-electron chi connectivity index (χ1n) is 5.00. The summed E-state index contributed by atoms with van der Waals surface area (Å²) < 4.78 is 0. The van der Waals surface area contributed by atoms with Gasteiger partial charge in [0.2, 0.25) is 11.6 Å². The molecule has 7 nitrogen and oxygen atoms in total. The number of H-pyrrole nitrogens is 2. The first-order chi connectivity index (χ1) is 9.38. The number of nitrogens with zero attached hydrogens (tertiary/aromatic N) is 2. The number of hydrogen-bond acceptors (Lipinski definition) is 5. The SMILES string of the molecule is O=c1[nH]c(O)c(N=Nc2c(Cl)cc(Cl)cc2Cl)c(=O)[nH]1. The third-order valence-electron chi connectivity index (χ3n) is 2.13. The highest BCUT2D eigenvalue weighted by molar-refractivity contribution is 6.41. The molecule has 0 fully saturated rings. The zero-order valence-electron chi connectivity index (χ0n) is 9.45. The molecule has 0 spiro atoms. The van der Waals surface area contributed by atoms with E-state index in [9.17, 15) is 14.7 Å². The Labute approximate surface area is 125 Å². The van der Waals surface area contributed by atoms with E-state index in [4.69, 9.17) is 34.8 Å². The molecule has 2 aromatic rings. The molecule has 0 amide bonds. The fourth-order valence-electron chi connectivity index (χ4n) is 1.29. The second-order valence-electron chi connectivity index (χ2n) is 3.52. The summed E-state index contributed by atoms with van der Waals surface area (Å²) in [4.78, 5) is 26.2. The number of rotatable bonds is 2. The van der Waals surface area contributed by atoms with Gasteiger partial charge in [0, 0.05) is 5.02 Å². The Hall–Kier alpha value is -1.83. The largest absolute Gasteiger partial charge is 0.493 e. The van der Waals surface area contributed by atoms with E-state index < -0.39 is 22.8 Å². The molecule has 1 heterocycles. The second kappa shape index (κ2) is 5.66. The normalized spacial score (nSPS) is 11.2. The van der Waals surface area contributed by atoms with E-state index in [0.717, 1.165) is 0 Å². The van der Waals surface area contributed by atoms with Crippen molar-refractivity contribution in [2.24, 2.45) is 10.2 Å². The molecule has 10 heteroatoms. The summed E-state index contributed by atoms with van der Waals surface area (Å²) in [6.07, 6.45) is 0. The monoisotopic (exact) mass is 334 g/mol. The van der Waals surface area contributed by atoms with Crippen LogP contribution in [0.25, 0.3) is 0 Å². The molecular formula is C10H5Cl3N4O3. The smallest absolute Gasteiger partial charge is 0.328 e. The molecule has 0 atom stereocenters. The van der Waals surface area contributed by atoms with Crippen molar-refractivity contribution in [2.75, 3.05) is 0 Å². The van der Waals surface area contributed by atoms with Crippen molar-refractivity contribution in [2.45, 2.75) is 0 Å². The van der Waals surface area contributed by atoms with Gasteiger partial charge < -0.3 is 5.11 Å². The van der Waals surface area contributed by atoms with Crippen molar-refractivity contribution in [3.8, 4) is 5.88 Å². The van der Waals surface area contributed by atoms with Crippen molar-refractivity contribution >= 4 is 46.2 Å². The number of halogens is 3. The van der Waals surface area contributed by atoms with Gasteiger partial charge in [0.1, 0.15) is 5.69 Å². The number of aromatic amines is 2. The maximum Gasteiger partial charge on any atom is 0.328 e. The van der Waals surface area contributed by atoms with Crippen LogP contribution in [0.5, 0.6) is 5.88 Å². The van der Waals surface area contributed by atoms with Crippen LogP contribution in [0, 0.1) is 0 Å². The summed E-state index contributed by atoms with van der Waals surface area (Å²) >= 11 is 17.5. The van der Waals surface area contributed by atoms with Crippen LogP contribution in [0.15, 0.2) is 32.0 Å². The van der Waals surface area contributed by atoms with E-state index in [-0.39, 0.29) is 15.7 Å². The molecule has 0 bridgehead atoms. The molecule has 0 aliphatic carbocycles. The van der Waals surface area contributed by atoms with E-state index in [0.29, 0.717) is 5.02 Å². The average molecular weight is 336 g/mol. The molecule has 3 N–H and O–H groups in total. The van der Waals surface area contributed by atoms with Crippen molar-refractivity contribution in [3.63, 3.8) is 0 Å². The van der Waals surface area contributed by atoms with Crippen LogP contribution >= 0.6 is 34.8 Å². The second-order valence-corrected chi connectivity index (χ2v) is 4.77. The van der Waals surface area contributed by atoms with Crippen molar-refractivity contribution in [1.82, 2.24) is 9.97 Å². The highest BCUT2D eigenvalue weighted by atomic mass is 35.5. The van der Waals surface area contributed by atoms with Gasteiger partial charge >= 0.3 is 5.69 Å². The van der Waals surface area contributed by atoms with E-state index in [2.05, 4.69) is 10.2 Å². The van der Waals surface area contributed by atoms with Gasteiger partial charge in [-0.25, -0.2) is 4.79 Å². The summed E-state index contributed by atoms with van der Waals surface area (Å²) in [6, 6.07) is 2.78. The third kappa shape index (κ3) is 3.01. The van der Waals surface area contributed by atoms with Crippen molar-refractivity contribution < 1.29 is 5.11 Å². The van der Waals surface area contributed by atoms with Crippen LogP contribution in [0.1, 0.15) is 0 Å². The Morgan fingerprint density at radius 1 is 0.950 bits per heavy atom. The highest BCUT2D eigenvalue weighted by Gasteiger charge is 2.10. The summed E-state index contributed by atoms with van der Waals surface area (Å²) in [6.45, 7) is 0. The van der Waals surface area contributed by atoms with E-state index in [1.807, 2.05) is 9.97 Å². The van der Waals surface area contributed by atoms with Gasteiger partial charge in [-0.05, 0) is 12.1 Å². The molecule has 1 aromatic carbocycles. The molecular weight excluding hydrogens is 330 g/mol. The summed E-state index contributed by atoms with van der Waals surface area (Å²) in [5.41, 5.74) is -2.18. The predicted octanol–water partition coefficient (Wildman–Crippen LogP) is 3.14. The van der Waals surface area contributed by atoms with Crippen LogP contribution < -0.4 is 11.2 Å². The van der Waals surface area contributed by atoms with Gasteiger partial charge in [-0.3, -0.25) is 14.8 Å². The van der Waals surface area contributed by atoms with Crippen molar-refractivity contribution in [3.05, 3.63) is 48.0 Å². The van der Waals surface area contributed by atoms with Crippen LogP contribution in [-0.4, -0.2) is 15.1 Å². The fourth-order valence-corrected chi connectivity index (χ4v) is 2.18. The van der Waals surface area contributed by atoms with Crippen LogP contribution in [0.2, 0.25) is 15.1 Å². The number of hydrogen-bond donors (Lipinski definition) is 3. The average Bonchev–Trinajstić information content (AvgIpc) is 2.30. The number of azo groups is 1. The third-order valence-corrected chi connectivity index (χ3v) is 2.92. The van der Waals surface area contributed by atoms with Gasteiger partial charge in [-0.15, -0.1) is 10.2 Å². The topological polar surface area (TPSA) is 111 Å². The Bertz CT molecular complexity index is 789. The molecule has 20 heavy (non-hydrogen) atoms. The molecule has 0 aliphatic heterocycles. The predicted molar refractivity (Wildman–Crippen MR) is 75.0 cm³/mol. The quantitative estimate of drug-likeness (QED) is 0.733. The standard InChI is InChI=1S/C10H5Cl3N4O3/c11-3-1-4(12)6(5(13)2-3)16-17-7-8(18)14-10(20)15-9(7)19/h1-2H,(H3,14,15,18,19,20). The Morgan fingerprint density at radius 3 is 2.05 bits per heavy atom. The maximum atomic E-state index is 11.4. The molecule has 104 valence electrons. The molecule has 0 aliphatic rings. The Morgan fingerprint density at radius 2 is 1.50 bits per heavy atom. The summed E-state index contributed by atoms with van der Waals surface area (Å²) in [7, 11) is 0. The first-order valence-corrected chi connectivity index (χ1v) is 6.13. The lowest BCUT2D eigenvalue weighted by atomic mass is 10.3. The molecule has 0 saturated carbocycles. The van der Waals surface area contributed by atoms with Crippen LogP contribution in [0.4, 0.5) is 11.4 Å². The minimum atomic E-state index is -0.906. The Kier molecular flexibility index (Phi) is 4.12. The number of nitrogens with one attached hydrogen (secondary N) is 2. The van der Waals surface area contributed by atoms with Crippen LogP contribution in [0.3, 0.4) is 0 Å². The molecule has 0 unspecified atom stereocenters. The zero-order valence-corrected chi connectivity index (χ0v) is 11.7. The lowest BCUT2D eigenvalue weighted by Gasteiger charge is -2.01. The minimum Gasteiger partial charge on any atom is -0.493 e. The van der Waals surface area contributed by atoms with E-state index in [1.54, 1.807) is 0 Å². The fraction of sp³-hybridized carbons (Fsp3) is 0. The van der Waals surface area contributed by atoms with Gasteiger partial charge in [-0.2, -0.15) is 0 Å².